The number of aryl methyl sites for hydroxylation is 1. The van der Waals surface area contributed by atoms with Crippen molar-refractivity contribution in [3.63, 3.8) is 0 Å². The first-order valence-electron chi connectivity index (χ1n) is 9.94. The summed E-state index contributed by atoms with van der Waals surface area (Å²) in [6, 6.07) is 10.4. The molecule has 1 aromatic heterocycles. The smallest absolute Gasteiger partial charge is 0.267 e. The van der Waals surface area contributed by atoms with Gasteiger partial charge in [0.25, 0.3) is 5.91 Å². The van der Waals surface area contributed by atoms with Crippen molar-refractivity contribution in [2.24, 2.45) is 0 Å². The van der Waals surface area contributed by atoms with Crippen LogP contribution in [-0.2, 0) is 20.8 Å². The lowest BCUT2D eigenvalue weighted by Gasteiger charge is -2.21. The number of carbonyl (C=O) groups is 1. The van der Waals surface area contributed by atoms with Crippen LogP contribution in [0.1, 0.15) is 48.4 Å². The van der Waals surface area contributed by atoms with Crippen LogP contribution < -0.4 is 10.8 Å². The molecule has 2 unspecified atom stereocenters. The molecular weight excluding hydrogens is 390 g/mol. The zero-order chi connectivity index (χ0) is 20.1. The number of amides is 1. The molecule has 1 aromatic carbocycles. The summed E-state index contributed by atoms with van der Waals surface area (Å²) in [5.74, 6) is 0.285. The second-order valence-electron chi connectivity index (χ2n) is 7.25. The van der Waals surface area contributed by atoms with Gasteiger partial charge < -0.3 is 10.1 Å². The standard InChI is InChI=1S/C22H24ClN3O3/c23-18-13-15(8-11-20(27)26-29-21-7-3-4-12-28-21)14-24-22(18)25-19-10-9-16-5-1-2-6-17(16)19/h1-2,5-6,8,11,13-14,19,21H,3-4,7,9-10,12H2,(H,24,25)(H,26,27)/b11-8+. The summed E-state index contributed by atoms with van der Waals surface area (Å²) >= 11 is 6.41. The molecule has 0 radical (unpaired) electrons. The zero-order valence-electron chi connectivity index (χ0n) is 16.1. The molecule has 2 aliphatic rings. The maximum Gasteiger partial charge on any atom is 0.267 e. The fourth-order valence-electron chi connectivity index (χ4n) is 3.66. The van der Waals surface area contributed by atoms with Crippen molar-refractivity contribution in [3.8, 4) is 0 Å². The van der Waals surface area contributed by atoms with E-state index < -0.39 is 0 Å². The Labute approximate surface area is 175 Å². The normalized spacial score (nSPS) is 21.1. The molecule has 2 atom stereocenters. The van der Waals surface area contributed by atoms with Crippen LogP contribution in [0.4, 0.5) is 5.82 Å². The lowest BCUT2D eigenvalue weighted by molar-refractivity contribution is -0.198. The number of halogens is 1. The number of ether oxygens (including phenoxy) is 1. The minimum Gasteiger partial charge on any atom is -0.362 e. The molecule has 1 amide bonds. The Bertz CT molecular complexity index is 897. The van der Waals surface area contributed by atoms with Gasteiger partial charge in [-0.05, 0) is 54.5 Å². The second kappa shape index (κ2) is 9.39. The Kier molecular flexibility index (Phi) is 6.44. The lowest BCUT2D eigenvalue weighted by Crippen LogP contribution is -2.32. The Balaban J connectivity index is 1.32. The molecule has 0 saturated carbocycles. The van der Waals surface area contributed by atoms with Crippen molar-refractivity contribution in [1.82, 2.24) is 10.5 Å². The van der Waals surface area contributed by atoms with Gasteiger partial charge in [0.2, 0.25) is 0 Å². The minimum absolute atomic E-state index is 0.211. The Morgan fingerprint density at radius 3 is 3.00 bits per heavy atom. The zero-order valence-corrected chi connectivity index (χ0v) is 16.8. The first kappa shape index (κ1) is 19.9. The van der Waals surface area contributed by atoms with Crippen LogP contribution in [0.5, 0.6) is 0 Å². The van der Waals surface area contributed by atoms with Crippen LogP contribution >= 0.6 is 11.6 Å². The number of anilines is 1. The fraction of sp³-hybridized carbons (Fsp3) is 0.364. The number of hydroxylamine groups is 1. The Hall–Kier alpha value is -2.41. The van der Waals surface area contributed by atoms with Crippen LogP contribution in [0.25, 0.3) is 6.08 Å². The summed E-state index contributed by atoms with van der Waals surface area (Å²) in [5, 5.41) is 3.95. The maximum atomic E-state index is 11.9. The lowest BCUT2D eigenvalue weighted by atomic mass is 10.1. The first-order valence-corrected chi connectivity index (χ1v) is 10.3. The average Bonchev–Trinajstić information content (AvgIpc) is 3.16. The van der Waals surface area contributed by atoms with E-state index in [1.165, 1.54) is 17.2 Å². The summed E-state index contributed by atoms with van der Waals surface area (Å²) in [5.41, 5.74) is 5.79. The second-order valence-corrected chi connectivity index (χ2v) is 7.65. The van der Waals surface area contributed by atoms with E-state index in [1.807, 2.05) is 0 Å². The van der Waals surface area contributed by atoms with Crippen LogP contribution in [0.3, 0.4) is 0 Å². The first-order chi connectivity index (χ1) is 14.2. The van der Waals surface area contributed by atoms with Crippen molar-refractivity contribution >= 4 is 29.4 Å². The molecule has 7 heteroatoms. The van der Waals surface area contributed by atoms with E-state index in [-0.39, 0.29) is 18.2 Å². The quantitative estimate of drug-likeness (QED) is 0.541. The van der Waals surface area contributed by atoms with Crippen molar-refractivity contribution < 1.29 is 14.4 Å². The van der Waals surface area contributed by atoms with E-state index in [0.29, 0.717) is 17.4 Å². The van der Waals surface area contributed by atoms with Gasteiger partial charge in [0.15, 0.2) is 6.29 Å². The predicted molar refractivity (Wildman–Crippen MR) is 112 cm³/mol. The van der Waals surface area contributed by atoms with Crippen LogP contribution in [0.2, 0.25) is 5.02 Å². The number of hydrogen-bond donors (Lipinski definition) is 2. The van der Waals surface area contributed by atoms with E-state index in [4.69, 9.17) is 21.2 Å². The van der Waals surface area contributed by atoms with E-state index in [1.54, 1.807) is 18.3 Å². The monoisotopic (exact) mass is 413 g/mol. The van der Waals surface area contributed by atoms with Gasteiger partial charge in [-0.15, -0.1) is 0 Å². The number of nitrogens with zero attached hydrogens (tertiary/aromatic N) is 1. The third kappa shape index (κ3) is 5.15. The van der Waals surface area contributed by atoms with Gasteiger partial charge in [-0.3, -0.25) is 4.79 Å². The van der Waals surface area contributed by atoms with Crippen molar-refractivity contribution in [3.05, 3.63) is 64.3 Å². The van der Waals surface area contributed by atoms with E-state index >= 15 is 0 Å². The Morgan fingerprint density at radius 2 is 2.17 bits per heavy atom. The average molecular weight is 414 g/mol. The molecule has 2 N–H and O–H groups in total. The molecular formula is C22H24ClN3O3. The molecule has 2 aromatic rings. The van der Waals surface area contributed by atoms with Gasteiger partial charge in [-0.1, -0.05) is 35.9 Å². The van der Waals surface area contributed by atoms with Crippen LogP contribution in [0, 0.1) is 0 Å². The van der Waals surface area contributed by atoms with Crippen molar-refractivity contribution in [2.45, 2.75) is 44.4 Å². The minimum atomic E-state index is -0.372. The number of fused-ring (bicyclic) bond motifs is 1. The van der Waals surface area contributed by atoms with Gasteiger partial charge in [0.05, 0.1) is 11.1 Å². The molecule has 0 spiro atoms. The highest BCUT2D eigenvalue weighted by Crippen LogP contribution is 2.34. The molecule has 6 nitrogen and oxygen atoms in total. The number of rotatable bonds is 6. The van der Waals surface area contributed by atoms with Crippen molar-refractivity contribution in [1.29, 1.82) is 0 Å². The fourth-order valence-corrected chi connectivity index (χ4v) is 3.89. The number of benzene rings is 1. The molecule has 1 fully saturated rings. The molecule has 4 rings (SSSR count). The van der Waals surface area contributed by atoms with Crippen LogP contribution in [0.15, 0.2) is 42.6 Å². The number of nitrogens with one attached hydrogen (secondary N) is 2. The highest BCUT2D eigenvalue weighted by molar-refractivity contribution is 6.33. The predicted octanol–water partition coefficient (Wildman–Crippen LogP) is 4.42. The number of hydrogen-bond acceptors (Lipinski definition) is 5. The third-order valence-electron chi connectivity index (χ3n) is 5.16. The molecule has 29 heavy (non-hydrogen) atoms. The summed E-state index contributed by atoms with van der Waals surface area (Å²) in [6.45, 7) is 0.660. The number of carbonyl (C=O) groups excluding carboxylic acids is 1. The molecule has 2 heterocycles. The van der Waals surface area contributed by atoms with E-state index in [0.717, 1.165) is 37.7 Å². The topological polar surface area (TPSA) is 72.5 Å². The molecule has 0 bridgehead atoms. The Morgan fingerprint density at radius 1 is 1.28 bits per heavy atom. The van der Waals surface area contributed by atoms with E-state index in [2.05, 4.69) is 40.0 Å². The van der Waals surface area contributed by atoms with Crippen LogP contribution in [-0.4, -0.2) is 23.8 Å². The number of aromatic nitrogens is 1. The molecule has 1 aliphatic carbocycles. The van der Waals surface area contributed by atoms with Gasteiger partial charge >= 0.3 is 0 Å². The van der Waals surface area contributed by atoms with Gasteiger partial charge in [-0.2, -0.15) is 0 Å². The summed E-state index contributed by atoms with van der Waals surface area (Å²) in [6.07, 6.45) is 9.26. The summed E-state index contributed by atoms with van der Waals surface area (Å²) in [7, 11) is 0. The maximum absolute atomic E-state index is 11.9. The molecule has 152 valence electrons. The van der Waals surface area contributed by atoms with Gasteiger partial charge in [-0.25, -0.2) is 15.3 Å². The molecule has 1 aliphatic heterocycles. The highest BCUT2D eigenvalue weighted by atomic mass is 35.5. The van der Waals surface area contributed by atoms with Gasteiger partial charge in [0.1, 0.15) is 5.82 Å². The highest BCUT2D eigenvalue weighted by Gasteiger charge is 2.22. The summed E-state index contributed by atoms with van der Waals surface area (Å²) < 4.78 is 5.40. The molecule has 1 saturated heterocycles. The third-order valence-corrected chi connectivity index (χ3v) is 5.45. The summed E-state index contributed by atoms with van der Waals surface area (Å²) in [4.78, 5) is 21.6. The van der Waals surface area contributed by atoms with Crippen molar-refractivity contribution in [2.75, 3.05) is 11.9 Å². The SMILES string of the molecule is O=C(/C=C/c1cnc(NC2CCc3ccccc32)c(Cl)c1)NOC1CCCCO1. The van der Waals surface area contributed by atoms with E-state index in [9.17, 15) is 4.79 Å². The number of pyridine rings is 1. The van der Waals surface area contributed by atoms with Gasteiger partial charge in [0, 0.05) is 25.3 Å². The largest absolute Gasteiger partial charge is 0.362 e.